The molecule has 2 aromatic heterocycles. The second-order valence-electron chi connectivity index (χ2n) is 24.8. The van der Waals surface area contributed by atoms with Crippen LogP contribution in [-0.4, -0.2) is 183 Å². The highest BCUT2D eigenvalue weighted by atomic mass is 16.6. The van der Waals surface area contributed by atoms with E-state index in [9.17, 15) is 63.3 Å². The zero-order chi connectivity index (χ0) is 72.9. The van der Waals surface area contributed by atoms with Crippen LogP contribution in [0.5, 0.6) is 0 Å². The Kier molecular flexibility index (Phi) is 36.3. The van der Waals surface area contributed by atoms with Crippen molar-refractivity contribution in [2.24, 2.45) is 28.6 Å². The standard InChI is InChI=1S/C67H100N14O18/c1-6-80(40-53-77-58-59(81(53)42-67(4,5)95)50-17-10-11-18-51(50)75-60(58)68)66(94)99-41-44-21-24-47(25-22-44)74-61(87)52(19-14-29-73-65(69)93)76-62(88)57(43(2)3)78-55(84)27-31-96-33-35-98-36-34-97-32-30-71-39-48(79-70)16-8-7-9-20-54(83)72-28-13-12-15-45(63(89)90)37-49(82)38-46(64(91)92)23-26-56(85)86/h10-11,17-18,21-22,24-25,39,43,45-46,52,57,70-71,95H,6-9,12-16,19-20,23,26-38,40-42H2,1-5H3,(H2,68,75)(H,72,83)(H,74,87)(H,76,88)(H,78,84)(H,85,86)(H,89,90)(H,91,92)(H3,69,73,93)/b48-39-,79-70?/t45?,46?,52-,57+/m1/s1. The predicted molar refractivity (Wildman–Crippen MR) is 364 cm³/mol. The zero-order valence-electron chi connectivity index (χ0n) is 57.3. The van der Waals surface area contributed by atoms with Crippen molar-refractivity contribution in [2.45, 2.75) is 168 Å². The number of aromatic nitrogens is 3. The number of para-hydroxylation sites is 1. The molecule has 2 aromatic carbocycles. The molecule has 0 fully saturated rings. The van der Waals surface area contributed by atoms with Gasteiger partial charge in [-0.05, 0) is 102 Å². The van der Waals surface area contributed by atoms with Gasteiger partial charge >= 0.3 is 30.0 Å². The summed E-state index contributed by atoms with van der Waals surface area (Å²) in [5.41, 5.74) is 21.3. The first-order valence-electron chi connectivity index (χ1n) is 33.4. The van der Waals surface area contributed by atoms with E-state index in [2.05, 4.69) is 42.0 Å². The first kappa shape index (κ1) is 82.0. The smallest absolute Gasteiger partial charge is 0.410 e. The number of anilines is 2. The number of benzene rings is 2. The number of unbranched alkanes of at least 4 members (excludes halogenated alkanes) is 3. The maximum Gasteiger partial charge on any atom is 0.410 e. The van der Waals surface area contributed by atoms with E-state index in [1.165, 1.54) is 4.90 Å². The van der Waals surface area contributed by atoms with Crippen LogP contribution in [0.15, 0.2) is 65.5 Å². The van der Waals surface area contributed by atoms with E-state index in [1.807, 2.05) is 28.8 Å². The first-order valence-corrected chi connectivity index (χ1v) is 33.4. The number of carboxylic acid groups (broad SMARTS) is 3. The molecule has 7 amide bonds. The third-order valence-corrected chi connectivity index (χ3v) is 15.7. The number of Topliss-reactive ketones (excluding diaryl/α,β-unsaturated/α-hetero) is 1. The van der Waals surface area contributed by atoms with Gasteiger partial charge in [-0.2, -0.15) is 5.11 Å². The number of hydrogen-bond donors (Lipinski definition) is 13. The average Bonchev–Trinajstić information content (AvgIpc) is 1.61. The van der Waals surface area contributed by atoms with Crippen LogP contribution in [0, 0.1) is 23.3 Å². The SMILES string of the molecule is CCN(Cc1nc2c(N)nc3ccccc3c2n1CC(C)(C)O)C(=O)OCc1ccc(NC(=O)[C@@H](CCCNC(N)=O)NC(=O)[C@@H](NC(=O)CCOCCOCCOCCN/C=C(/CCCCCC(=O)NCCCCC(CC(=O)CC(CCC(=O)O)C(=O)O)C(=O)O)N=N)C(C)C)cc1. The molecule has 0 aliphatic rings. The number of nitrogen functional groups attached to an aromatic ring is 1. The van der Waals surface area contributed by atoms with Crippen molar-refractivity contribution in [1.29, 1.82) is 5.53 Å². The number of rotatable bonds is 51. The van der Waals surface area contributed by atoms with Gasteiger partial charge in [-0.1, -0.05) is 57.0 Å². The monoisotopic (exact) mass is 1390 g/mol. The highest BCUT2D eigenvalue weighted by Crippen LogP contribution is 2.31. The number of nitrogens with one attached hydrogen (secondary N) is 7. The van der Waals surface area contributed by atoms with Crippen molar-refractivity contribution in [2.75, 3.05) is 76.9 Å². The molecule has 0 saturated heterocycles. The van der Waals surface area contributed by atoms with Crippen LogP contribution in [0.25, 0.3) is 21.9 Å². The lowest BCUT2D eigenvalue weighted by molar-refractivity contribution is -0.146. The highest BCUT2D eigenvalue weighted by molar-refractivity contribution is 6.06. The number of primary amides is 1. The number of aliphatic hydroxyl groups is 1. The minimum Gasteiger partial charge on any atom is -0.481 e. The number of carbonyl (C=O) groups excluding carboxylic acids is 7. The van der Waals surface area contributed by atoms with Gasteiger partial charge in [0.2, 0.25) is 23.6 Å². The fraction of sp³-hybridized carbons (Fsp3) is 0.582. The summed E-state index contributed by atoms with van der Waals surface area (Å²) in [5.74, 6) is -7.92. The summed E-state index contributed by atoms with van der Waals surface area (Å²) in [7, 11) is 0. The number of ether oxygens (including phenoxy) is 4. The molecule has 0 aliphatic heterocycles. The number of carbonyl (C=O) groups is 10. The summed E-state index contributed by atoms with van der Waals surface area (Å²) in [4.78, 5) is 135. The van der Waals surface area contributed by atoms with Crippen molar-refractivity contribution in [3.8, 4) is 0 Å². The fourth-order valence-electron chi connectivity index (χ4n) is 10.4. The van der Waals surface area contributed by atoms with Crippen LogP contribution in [-0.2, 0) is 77.0 Å². The Bertz CT molecular complexity index is 3340. The Labute approximate surface area is 575 Å². The Morgan fingerprint density at radius 2 is 1.36 bits per heavy atom. The minimum absolute atomic E-state index is 0.0420. The van der Waals surface area contributed by atoms with Crippen molar-refractivity contribution >= 4 is 92.9 Å². The molecule has 0 bridgehead atoms. The molecule has 4 atom stereocenters. The normalized spacial score (nSPS) is 12.8. The van der Waals surface area contributed by atoms with Gasteiger partial charge in [0.15, 0.2) is 5.82 Å². The number of aliphatic carboxylic acids is 3. The Morgan fingerprint density at radius 1 is 0.717 bits per heavy atom. The number of carboxylic acids is 3. The number of urea groups is 1. The number of ketones is 1. The molecule has 0 radical (unpaired) electrons. The van der Waals surface area contributed by atoms with Gasteiger partial charge in [0.1, 0.15) is 35.8 Å². The largest absolute Gasteiger partial charge is 0.481 e. The maximum absolute atomic E-state index is 13.8. The van der Waals surface area contributed by atoms with E-state index in [4.69, 9.17) is 46.0 Å². The summed E-state index contributed by atoms with van der Waals surface area (Å²) in [6, 6.07) is 11.2. The molecule has 32 heteroatoms. The number of hydrogen-bond acceptors (Lipinski definition) is 21. The second kappa shape index (κ2) is 43.8. The molecular weight excluding hydrogens is 1290 g/mol. The van der Waals surface area contributed by atoms with E-state index in [0.29, 0.717) is 97.7 Å². The van der Waals surface area contributed by atoms with Crippen molar-refractivity contribution in [3.05, 3.63) is 71.8 Å². The minimum atomic E-state index is -1.31. The number of nitrogens with zero attached hydrogens (tertiary/aromatic N) is 5. The van der Waals surface area contributed by atoms with Crippen LogP contribution < -0.4 is 43.4 Å². The summed E-state index contributed by atoms with van der Waals surface area (Å²) in [6.45, 7) is 11.3. The van der Waals surface area contributed by atoms with Crippen molar-refractivity contribution < 1.29 is 87.3 Å². The molecule has 32 nitrogen and oxygen atoms in total. The number of allylic oxidation sites excluding steroid dienone is 1. The molecule has 0 spiro atoms. The second-order valence-corrected chi connectivity index (χ2v) is 24.8. The Hall–Kier alpha value is -9.40. The predicted octanol–water partition coefficient (Wildman–Crippen LogP) is 5.86. The molecule has 2 unspecified atom stereocenters. The van der Waals surface area contributed by atoms with E-state index < -0.39 is 95.9 Å². The van der Waals surface area contributed by atoms with Crippen LogP contribution in [0.2, 0.25) is 0 Å². The Balaban J connectivity index is 1.09. The summed E-state index contributed by atoms with van der Waals surface area (Å²) >= 11 is 0. The topological polar surface area (TPSA) is 483 Å². The molecule has 99 heavy (non-hydrogen) atoms. The van der Waals surface area contributed by atoms with E-state index in [1.54, 1.807) is 65.1 Å². The van der Waals surface area contributed by atoms with Gasteiger partial charge in [-0.25, -0.2) is 25.1 Å². The van der Waals surface area contributed by atoms with Gasteiger partial charge in [0.25, 0.3) is 0 Å². The van der Waals surface area contributed by atoms with E-state index in [0.717, 1.165) is 11.8 Å². The number of fused-ring (bicyclic) bond motifs is 3. The van der Waals surface area contributed by atoms with Gasteiger partial charge in [0.05, 0.1) is 86.9 Å². The lowest BCUT2D eigenvalue weighted by Gasteiger charge is -2.25. The van der Waals surface area contributed by atoms with Crippen molar-refractivity contribution in [1.82, 2.24) is 46.0 Å². The fourth-order valence-corrected chi connectivity index (χ4v) is 10.4. The summed E-state index contributed by atoms with van der Waals surface area (Å²) in [6.07, 6.45) is 3.77. The molecule has 4 rings (SSSR count). The molecular formula is C67H100N14O18. The first-order chi connectivity index (χ1) is 47.2. The molecule has 15 N–H and O–H groups in total. The van der Waals surface area contributed by atoms with Crippen LogP contribution in [0.1, 0.15) is 142 Å². The lowest BCUT2D eigenvalue weighted by Crippen LogP contribution is -2.54. The van der Waals surface area contributed by atoms with E-state index >= 15 is 0 Å². The van der Waals surface area contributed by atoms with Crippen LogP contribution >= 0.6 is 0 Å². The van der Waals surface area contributed by atoms with Gasteiger partial charge in [0, 0.05) is 75.6 Å². The molecule has 546 valence electrons. The zero-order valence-corrected chi connectivity index (χ0v) is 57.3. The third kappa shape index (κ3) is 31.3. The summed E-state index contributed by atoms with van der Waals surface area (Å²) in [5, 5.41) is 59.6. The van der Waals surface area contributed by atoms with E-state index in [-0.39, 0.29) is 122 Å². The molecule has 0 aliphatic carbocycles. The quantitative estimate of drug-likeness (QED) is 0.0182. The maximum atomic E-state index is 13.8. The number of pyridine rings is 1. The highest BCUT2D eigenvalue weighted by Gasteiger charge is 2.31. The molecule has 2 heterocycles. The number of imidazole rings is 1. The number of amides is 7. The van der Waals surface area contributed by atoms with Crippen LogP contribution in [0.4, 0.5) is 21.1 Å². The summed E-state index contributed by atoms with van der Waals surface area (Å²) < 4.78 is 24.3. The average molecular weight is 1390 g/mol. The number of nitrogens with two attached hydrogens (primary N) is 2. The van der Waals surface area contributed by atoms with Gasteiger partial charge < -0.3 is 92.2 Å². The van der Waals surface area contributed by atoms with Crippen molar-refractivity contribution in [3.63, 3.8) is 0 Å². The lowest BCUT2D eigenvalue weighted by atomic mass is 9.90. The third-order valence-electron chi connectivity index (χ3n) is 15.7. The Morgan fingerprint density at radius 3 is 2.00 bits per heavy atom. The van der Waals surface area contributed by atoms with Gasteiger partial charge in [-0.15, -0.1) is 0 Å². The van der Waals surface area contributed by atoms with Gasteiger partial charge in [-0.3, -0.25) is 38.4 Å². The molecule has 4 aromatic rings. The van der Waals surface area contributed by atoms with Crippen LogP contribution in [0.3, 0.4) is 0 Å². The molecule has 0 saturated carbocycles.